The molecule has 0 aliphatic heterocycles. The molecule has 0 saturated heterocycles. The van der Waals surface area contributed by atoms with Crippen molar-refractivity contribution in [3.63, 3.8) is 0 Å². The third kappa shape index (κ3) is 5.30. The monoisotopic (exact) mass is 437 g/mol. The van der Waals surface area contributed by atoms with Gasteiger partial charge < -0.3 is 5.32 Å². The first kappa shape index (κ1) is 22.5. The molecule has 0 spiro atoms. The Labute approximate surface area is 183 Å². The summed E-state index contributed by atoms with van der Waals surface area (Å²) in [5.74, 6) is 0.177. The van der Waals surface area contributed by atoms with Crippen molar-refractivity contribution in [2.24, 2.45) is 0 Å². The Kier molecular flexibility index (Phi) is 6.18. The van der Waals surface area contributed by atoms with Gasteiger partial charge >= 0.3 is 0 Å². The number of anilines is 2. The highest BCUT2D eigenvalue weighted by Gasteiger charge is 2.21. The van der Waals surface area contributed by atoms with Crippen LogP contribution in [0.5, 0.6) is 0 Å². The van der Waals surface area contributed by atoms with Crippen molar-refractivity contribution in [2.75, 3.05) is 10.0 Å². The molecule has 0 atom stereocenters. The summed E-state index contributed by atoms with van der Waals surface area (Å²) in [6.45, 7) is 9.75. The number of rotatable bonds is 5. The van der Waals surface area contributed by atoms with Gasteiger partial charge in [-0.2, -0.15) is 0 Å². The lowest BCUT2D eigenvalue weighted by atomic mass is 9.87. The zero-order valence-corrected chi connectivity index (χ0v) is 19.2. The molecule has 0 saturated carbocycles. The Bertz CT molecular complexity index is 1210. The van der Waals surface area contributed by atoms with Gasteiger partial charge in [0, 0.05) is 17.4 Å². The fraction of sp³-hybridized carbons (Fsp3) is 0.250. The van der Waals surface area contributed by atoms with Gasteiger partial charge in [-0.3, -0.25) is 9.52 Å². The van der Waals surface area contributed by atoms with Gasteiger partial charge in [-0.25, -0.2) is 13.4 Å². The van der Waals surface area contributed by atoms with Crippen LogP contribution in [0.25, 0.3) is 0 Å². The number of amides is 1. The molecule has 1 aromatic heterocycles. The molecule has 162 valence electrons. The fourth-order valence-electron chi connectivity index (χ4n) is 3.05. The average Bonchev–Trinajstić information content (AvgIpc) is 2.69. The van der Waals surface area contributed by atoms with Gasteiger partial charge in [0.25, 0.3) is 15.9 Å². The minimum Gasteiger partial charge on any atom is -0.306 e. The lowest BCUT2D eigenvalue weighted by Crippen LogP contribution is -2.17. The van der Waals surface area contributed by atoms with Crippen LogP contribution in [-0.2, 0) is 15.4 Å². The Hall–Kier alpha value is -3.19. The van der Waals surface area contributed by atoms with Crippen molar-refractivity contribution < 1.29 is 13.2 Å². The predicted molar refractivity (Wildman–Crippen MR) is 124 cm³/mol. The molecule has 0 unspecified atom stereocenters. The first-order valence-corrected chi connectivity index (χ1v) is 11.4. The molecule has 1 heterocycles. The van der Waals surface area contributed by atoms with E-state index in [0.717, 1.165) is 11.1 Å². The quantitative estimate of drug-likeness (QED) is 0.585. The maximum Gasteiger partial charge on any atom is 0.262 e. The summed E-state index contributed by atoms with van der Waals surface area (Å²) in [4.78, 5) is 16.9. The normalized spacial score (nSPS) is 11.8. The Morgan fingerprint density at radius 3 is 2.23 bits per heavy atom. The van der Waals surface area contributed by atoms with Crippen LogP contribution in [0.15, 0.2) is 65.7 Å². The van der Waals surface area contributed by atoms with Crippen molar-refractivity contribution in [1.29, 1.82) is 0 Å². The summed E-state index contributed by atoms with van der Waals surface area (Å²) in [5, 5.41) is 2.76. The van der Waals surface area contributed by atoms with E-state index in [1.807, 2.05) is 45.9 Å². The molecule has 0 aliphatic carbocycles. The van der Waals surface area contributed by atoms with Gasteiger partial charge in [0.1, 0.15) is 5.82 Å². The van der Waals surface area contributed by atoms with Gasteiger partial charge in [0.05, 0.1) is 4.90 Å². The molecular weight excluding hydrogens is 410 g/mol. The summed E-state index contributed by atoms with van der Waals surface area (Å²) in [6.07, 6.45) is 1.61. The van der Waals surface area contributed by atoms with Crippen molar-refractivity contribution >= 4 is 27.4 Å². The second kappa shape index (κ2) is 8.51. The molecule has 7 heteroatoms. The Morgan fingerprint density at radius 1 is 0.935 bits per heavy atom. The zero-order valence-electron chi connectivity index (χ0n) is 18.4. The topological polar surface area (TPSA) is 88.2 Å². The molecule has 0 aliphatic rings. The van der Waals surface area contributed by atoms with E-state index >= 15 is 0 Å². The summed E-state index contributed by atoms with van der Waals surface area (Å²) in [7, 11) is -3.77. The number of carbonyl (C=O) groups excluding carboxylic acids is 1. The van der Waals surface area contributed by atoms with Crippen molar-refractivity contribution in [3.8, 4) is 0 Å². The Balaban J connectivity index is 1.79. The van der Waals surface area contributed by atoms with Crippen molar-refractivity contribution in [3.05, 3.63) is 83.0 Å². The molecule has 3 rings (SSSR count). The molecule has 2 aromatic carbocycles. The van der Waals surface area contributed by atoms with Gasteiger partial charge in [-0.15, -0.1) is 0 Å². The second-order valence-corrected chi connectivity index (χ2v) is 10.2. The predicted octanol–water partition coefficient (Wildman–Crippen LogP) is 5.05. The highest BCUT2D eigenvalue weighted by atomic mass is 32.2. The lowest BCUT2D eigenvalue weighted by molar-refractivity contribution is 0.102. The number of sulfonamides is 1. The molecule has 0 fully saturated rings. The number of nitrogens with zero attached hydrogens (tertiary/aromatic N) is 1. The first-order chi connectivity index (χ1) is 14.5. The molecule has 1 amide bonds. The SMILES string of the molecule is Cc1ccc(C(C)(C)C)cc1S(=O)(=O)Nc1ccc(C(=O)Nc2ncccc2C)cc1. The number of pyridine rings is 1. The molecule has 6 nitrogen and oxygen atoms in total. The third-order valence-electron chi connectivity index (χ3n) is 4.98. The van der Waals surface area contributed by atoms with E-state index in [2.05, 4.69) is 15.0 Å². The van der Waals surface area contributed by atoms with Crippen molar-refractivity contribution in [1.82, 2.24) is 4.98 Å². The van der Waals surface area contributed by atoms with Gasteiger partial charge in [-0.1, -0.05) is 39.0 Å². The molecule has 2 N–H and O–H groups in total. The van der Waals surface area contributed by atoms with Crippen LogP contribution in [0, 0.1) is 13.8 Å². The van der Waals surface area contributed by atoms with Crippen LogP contribution in [0.4, 0.5) is 11.5 Å². The minimum absolute atomic E-state index is 0.168. The van der Waals surface area contributed by atoms with Crippen LogP contribution < -0.4 is 10.0 Å². The molecule has 0 radical (unpaired) electrons. The summed E-state index contributed by atoms with van der Waals surface area (Å²) < 4.78 is 28.6. The number of carbonyl (C=O) groups is 1. The summed E-state index contributed by atoms with van der Waals surface area (Å²) >= 11 is 0. The number of hydrogen-bond acceptors (Lipinski definition) is 4. The molecule has 31 heavy (non-hydrogen) atoms. The maximum absolute atomic E-state index is 13.0. The summed E-state index contributed by atoms with van der Waals surface area (Å²) in [6, 6.07) is 15.4. The van der Waals surface area contributed by atoms with E-state index in [4.69, 9.17) is 0 Å². The van der Waals surface area contributed by atoms with Gasteiger partial charge in [-0.05, 0) is 72.4 Å². The van der Waals surface area contributed by atoms with Crippen LogP contribution in [-0.4, -0.2) is 19.3 Å². The lowest BCUT2D eigenvalue weighted by Gasteiger charge is -2.21. The molecule has 0 bridgehead atoms. The van der Waals surface area contributed by atoms with E-state index < -0.39 is 10.0 Å². The van der Waals surface area contributed by atoms with E-state index in [-0.39, 0.29) is 16.2 Å². The van der Waals surface area contributed by atoms with E-state index in [1.54, 1.807) is 49.5 Å². The fourth-order valence-corrected chi connectivity index (χ4v) is 4.38. The average molecular weight is 438 g/mol. The van der Waals surface area contributed by atoms with Crippen LogP contribution in [0.1, 0.15) is 47.8 Å². The number of hydrogen-bond donors (Lipinski definition) is 2. The first-order valence-electron chi connectivity index (χ1n) is 9.94. The number of nitrogens with one attached hydrogen (secondary N) is 2. The smallest absolute Gasteiger partial charge is 0.262 e. The third-order valence-corrected chi connectivity index (χ3v) is 6.51. The highest BCUT2D eigenvalue weighted by molar-refractivity contribution is 7.92. The van der Waals surface area contributed by atoms with Crippen molar-refractivity contribution in [2.45, 2.75) is 44.9 Å². The van der Waals surface area contributed by atoms with Crippen LogP contribution in [0.3, 0.4) is 0 Å². The zero-order chi connectivity index (χ0) is 22.8. The summed E-state index contributed by atoms with van der Waals surface area (Å²) in [5.41, 5.74) is 3.08. The largest absolute Gasteiger partial charge is 0.306 e. The molecular formula is C24H27N3O3S. The van der Waals surface area contributed by atoms with Gasteiger partial charge in [0.15, 0.2) is 0 Å². The minimum atomic E-state index is -3.77. The van der Waals surface area contributed by atoms with Crippen LogP contribution >= 0.6 is 0 Å². The van der Waals surface area contributed by atoms with Crippen LogP contribution in [0.2, 0.25) is 0 Å². The standard InChI is InChI=1S/C24H27N3O3S/c1-16-8-11-19(24(3,4)5)15-21(16)31(29,30)27-20-12-9-18(10-13-20)23(28)26-22-17(2)7-6-14-25-22/h6-15,27H,1-5H3,(H,25,26,28). The Morgan fingerprint density at radius 2 is 1.61 bits per heavy atom. The number of benzene rings is 2. The van der Waals surface area contributed by atoms with E-state index in [0.29, 0.717) is 22.6 Å². The van der Waals surface area contributed by atoms with Gasteiger partial charge in [0.2, 0.25) is 0 Å². The highest BCUT2D eigenvalue weighted by Crippen LogP contribution is 2.28. The molecule has 3 aromatic rings. The van der Waals surface area contributed by atoms with E-state index in [9.17, 15) is 13.2 Å². The number of aryl methyl sites for hydroxylation is 2. The number of aromatic nitrogens is 1. The van der Waals surface area contributed by atoms with E-state index in [1.165, 1.54) is 0 Å². The second-order valence-electron chi connectivity index (χ2n) is 8.54. The maximum atomic E-state index is 13.0.